The monoisotopic (exact) mass is 319 g/mol. The Morgan fingerprint density at radius 2 is 1.81 bits per heavy atom. The van der Waals surface area contributed by atoms with Crippen LogP contribution in [0.25, 0.3) is 6.08 Å². The van der Waals surface area contributed by atoms with Crippen LogP contribution in [0.3, 0.4) is 0 Å². The minimum Gasteiger partial charge on any atom is -0.323 e. The van der Waals surface area contributed by atoms with Crippen LogP contribution in [0.15, 0.2) is 42.5 Å². The number of rotatable bonds is 3. The Labute approximate surface area is 134 Å². The van der Waals surface area contributed by atoms with Crippen molar-refractivity contribution in [1.82, 2.24) is 0 Å². The summed E-state index contributed by atoms with van der Waals surface area (Å²) in [5.74, 6) is -0.204. The van der Waals surface area contributed by atoms with Crippen molar-refractivity contribution in [3.05, 3.63) is 69.2 Å². The summed E-state index contributed by atoms with van der Waals surface area (Å²) in [7, 11) is 0. The minimum absolute atomic E-state index is 0.204. The van der Waals surface area contributed by atoms with Crippen LogP contribution in [0.2, 0.25) is 10.0 Å². The number of carbonyl (C=O) groups excluding carboxylic acids is 1. The van der Waals surface area contributed by atoms with Crippen LogP contribution >= 0.6 is 23.2 Å². The van der Waals surface area contributed by atoms with Crippen molar-refractivity contribution in [2.45, 2.75) is 13.8 Å². The second kappa shape index (κ2) is 6.79. The van der Waals surface area contributed by atoms with Crippen LogP contribution < -0.4 is 5.32 Å². The molecule has 0 aliphatic rings. The molecule has 0 aliphatic heterocycles. The van der Waals surface area contributed by atoms with E-state index in [4.69, 9.17) is 23.2 Å². The third-order valence-corrected chi connectivity index (χ3v) is 3.71. The molecule has 0 saturated carbocycles. The van der Waals surface area contributed by atoms with Gasteiger partial charge in [-0.3, -0.25) is 4.79 Å². The fraction of sp³-hybridized carbons (Fsp3) is 0.118. The highest BCUT2D eigenvalue weighted by Crippen LogP contribution is 2.22. The highest BCUT2D eigenvalue weighted by molar-refractivity contribution is 6.35. The first-order valence-corrected chi connectivity index (χ1v) is 7.22. The molecule has 0 atom stereocenters. The van der Waals surface area contributed by atoms with Crippen molar-refractivity contribution in [1.29, 1.82) is 0 Å². The molecule has 0 fully saturated rings. The first-order chi connectivity index (χ1) is 9.95. The molecule has 1 amide bonds. The number of anilines is 1. The molecule has 1 N–H and O–H groups in total. The third-order valence-electron chi connectivity index (χ3n) is 3.15. The molecule has 2 aromatic carbocycles. The molecule has 0 heterocycles. The number of nitrogens with one attached hydrogen (secondary N) is 1. The molecule has 2 rings (SSSR count). The molecule has 0 unspecified atom stereocenters. The Morgan fingerprint density at radius 3 is 2.48 bits per heavy atom. The molecule has 0 bridgehead atoms. The first kappa shape index (κ1) is 15.6. The van der Waals surface area contributed by atoms with Crippen LogP contribution in [0.1, 0.15) is 16.7 Å². The maximum Gasteiger partial charge on any atom is 0.248 e. The van der Waals surface area contributed by atoms with Crippen molar-refractivity contribution in [2.75, 3.05) is 5.32 Å². The van der Waals surface area contributed by atoms with Crippen molar-refractivity contribution in [2.24, 2.45) is 0 Å². The zero-order chi connectivity index (χ0) is 15.4. The summed E-state index contributed by atoms with van der Waals surface area (Å²) in [5.41, 5.74) is 3.85. The third kappa shape index (κ3) is 4.35. The van der Waals surface area contributed by atoms with Gasteiger partial charge in [-0.05, 0) is 60.9 Å². The smallest absolute Gasteiger partial charge is 0.248 e. The SMILES string of the molecule is Cc1ccc(NC(=O)C=Cc2ccc(Cl)cc2Cl)cc1C. The predicted octanol–water partition coefficient (Wildman–Crippen LogP) is 5.26. The van der Waals surface area contributed by atoms with Crippen molar-refractivity contribution in [3.63, 3.8) is 0 Å². The number of hydrogen-bond acceptors (Lipinski definition) is 1. The van der Waals surface area contributed by atoms with Gasteiger partial charge in [0.1, 0.15) is 0 Å². The van der Waals surface area contributed by atoms with Crippen molar-refractivity contribution < 1.29 is 4.79 Å². The van der Waals surface area contributed by atoms with Gasteiger partial charge in [-0.25, -0.2) is 0 Å². The van der Waals surface area contributed by atoms with E-state index in [1.54, 1.807) is 24.3 Å². The Bertz CT molecular complexity index is 708. The lowest BCUT2D eigenvalue weighted by Gasteiger charge is -2.05. The highest BCUT2D eigenvalue weighted by atomic mass is 35.5. The topological polar surface area (TPSA) is 29.1 Å². The van der Waals surface area contributed by atoms with E-state index in [2.05, 4.69) is 5.32 Å². The van der Waals surface area contributed by atoms with Crippen LogP contribution in [0, 0.1) is 13.8 Å². The molecule has 0 aromatic heterocycles. The second-order valence-electron chi connectivity index (χ2n) is 4.79. The van der Waals surface area contributed by atoms with Gasteiger partial charge in [0.05, 0.1) is 0 Å². The molecular weight excluding hydrogens is 305 g/mol. The van der Waals surface area contributed by atoms with Gasteiger partial charge in [-0.15, -0.1) is 0 Å². The van der Waals surface area contributed by atoms with E-state index in [-0.39, 0.29) is 5.91 Å². The van der Waals surface area contributed by atoms with E-state index in [1.165, 1.54) is 11.6 Å². The normalized spacial score (nSPS) is 10.9. The lowest BCUT2D eigenvalue weighted by Crippen LogP contribution is -2.07. The summed E-state index contributed by atoms with van der Waals surface area (Å²) < 4.78 is 0. The van der Waals surface area contributed by atoms with Crippen LogP contribution in [0.5, 0.6) is 0 Å². The average molecular weight is 320 g/mol. The largest absolute Gasteiger partial charge is 0.323 e. The van der Waals surface area contributed by atoms with Gasteiger partial charge >= 0.3 is 0 Å². The standard InChI is InChI=1S/C17H15Cl2NO/c1-11-3-7-15(9-12(11)2)20-17(21)8-5-13-4-6-14(18)10-16(13)19/h3-10H,1-2H3,(H,20,21). The summed E-state index contributed by atoms with van der Waals surface area (Å²) in [6.45, 7) is 4.04. The number of halogens is 2. The van der Waals surface area contributed by atoms with Crippen molar-refractivity contribution >= 4 is 40.9 Å². The maximum atomic E-state index is 11.9. The lowest BCUT2D eigenvalue weighted by molar-refractivity contribution is -0.111. The van der Waals surface area contributed by atoms with E-state index in [0.29, 0.717) is 10.0 Å². The molecule has 2 nitrogen and oxygen atoms in total. The summed E-state index contributed by atoms with van der Waals surface area (Å²) in [6.07, 6.45) is 3.11. The van der Waals surface area contributed by atoms with Crippen LogP contribution in [0.4, 0.5) is 5.69 Å². The fourth-order valence-electron chi connectivity index (χ4n) is 1.81. The highest BCUT2D eigenvalue weighted by Gasteiger charge is 2.01. The van der Waals surface area contributed by atoms with E-state index < -0.39 is 0 Å². The summed E-state index contributed by atoms with van der Waals surface area (Å²) in [6, 6.07) is 10.9. The number of aryl methyl sites for hydroxylation is 2. The summed E-state index contributed by atoms with van der Waals surface area (Å²) >= 11 is 11.9. The van der Waals surface area contributed by atoms with Gasteiger partial charge in [0, 0.05) is 21.8 Å². The van der Waals surface area contributed by atoms with Crippen LogP contribution in [-0.2, 0) is 4.79 Å². The summed E-state index contributed by atoms with van der Waals surface area (Å²) in [4.78, 5) is 11.9. The zero-order valence-electron chi connectivity index (χ0n) is 11.8. The quantitative estimate of drug-likeness (QED) is 0.768. The summed E-state index contributed by atoms with van der Waals surface area (Å²) in [5, 5.41) is 3.89. The lowest BCUT2D eigenvalue weighted by atomic mass is 10.1. The van der Waals surface area contributed by atoms with Gasteiger partial charge in [0.25, 0.3) is 0 Å². The maximum absolute atomic E-state index is 11.9. The molecule has 4 heteroatoms. The van der Waals surface area contributed by atoms with Gasteiger partial charge < -0.3 is 5.32 Å². The minimum atomic E-state index is -0.204. The van der Waals surface area contributed by atoms with E-state index in [9.17, 15) is 4.79 Å². The van der Waals surface area contributed by atoms with Crippen molar-refractivity contribution in [3.8, 4) is 0 Å². The zero-order valence-corrected chi connectivity index (χ0v) is 13.3. The van der Waals surface area contributed by atoms with E-state index in [0.717, 1.165) is 16.8 Å². The second-order valence-corrected chi connectivity index (χ2v) is 5.63. The Hall–Kier alpha value is -1.77. The Morgan fingerprint density at radius 1 is 1.05 bits per heavy atom. The van der Waals surface area contributed by atoms with Gasteiger partial charge in [0.2, 0.25) is 5.91 Å². The molecule has 0 spiro atoms. The molecule has 0 radical (unpaired) electrons. The van der Waals surface area contributed by atoms with Gasteiger partial charge in [-0.2, -0.15) is 0 Å². The molecule has 108 valence electrons. The molecule has 0 saturated heterocycles. The molecule has 21 heavy (non-hydrogen) atoms. The predicted molar refractivity (Wildman–Crippen MR) is 90.0 cm³/mol. The van der Waals surface area contributed by atoms with E-state index in [1.807, 2.05) is 32.0 Å². The first-order valence-electron chi connectivity index (χ1n) is 6.47. The fourth-order valence-corrected chi connectivity index (χ4v) is 2.28. The Balaban J connectivity index is 2.07. The average Bonchev–Trinajstić information content (AvgIpc) is 2.42. The number of hydrogen-bond donors (Lipinski definition) is 1. The van der Waals surface area contributed by atoms with Crippen LogP contribution in [-0.4, -0.2) is 5.91 Å². The molecule has 2 aromatic rings. The van der Waals surface area contributed by atoms with Gasteiger partial charge in [-0.1, -0.05) is 35.3 Å². The number of amides is 1. The van der Waals surface area contributed by atoms with Gasteiger partial charge in [0.15, 0.2) is 0 Å². The number of benzene rings is 2. The Kier molecular flexibility index (Phi) is 5.05. The molecule has 0 aliphatic carbocycles. The molecular formula is C17H15Cl2NO. The number of carbonyl (C=O) groups is 1. The van der Waals surface area contributed by atoms with E-state index >= 15 is 0 Å².